The highest BCUT2D eigenvalue weighted by Gasteiger charge is 2.29. The third kappa shape index (κ3) is 2.33. The predicted molar refractivity (Wildman–Crippen MR) is 68.1 cm³/mol. The van der Waals surface area contributed by atoms with E-state index < -0.39 is 6.10 Å². The zero-order chi connectivity index (χ0) is 11.7. The van der Waals surface area contributed by atoms with E-state index in [2.05, 4.69) is 11.8 Å². The molecule has 0 spiro atoms. The minimum absolute atomic E-state index is 0.456. The predicted octanol–water partition coefficient (Wildman–Crippen LogP) is 3.38. The molecule has 2 nitrogen and oxygen atoms in total. The van der Waals surface area contributed by atoms with Crippen molar-refractivity contribution in [1.82, 2.24) is 0 Å². The quantitative estimate of drug-likeness (QED) is 0.871. The number of anilines is 1. The lowest BCUT2D eigenvalue weighted by atomic mass is 10.1. The zero-order valence-corrected chi connectivity index (χ0v) is 10.5. The fourth-order valence-electron chi connectivity index (χ4n) is 2.03. The zero-order valence-electron chi connectivity index (χ0n) is 9.78. The van der Waals surface area contributed by atoms with Gasteiger partial charge in [-0.3, -0.25) is 0 Å². The van der Waals surface area contributed by atoms with Crippen LogP contribution < -0.4 is 4.90 Å². The highest BCUT2D eigenvalue weighted by Crippen LogP contribution is 2.36. The van der Waals surface area contributed by atoms with Crippen LogP contribution in [0, 0.1) is 0 Å². The van der Waals surface area contributed by atoms with Gasteiger partial charge in [0.1, 0.15) is 0 Å². The largest absolute Gasteiger partial charge is 0.389 e. The molecule has 1 atom stereocenters. The van der Waals surface area contributed by atoms with Gasteiger partial charge in [-0.25, -0.2) is 0 Å². The smallest absolute Gasteiger partial charge is 0.0762 e. The third-order valence-corrected chi connectivity index (χ3v) is 3.39. The van der Waals surface area contributed by atoms with Crippen molar-refractivity contribution in [2.24, 2.45) is 0 Å². The van der Waals surface area contributed by atoms with Gasteiger partial charge < -0.3 is 10.0 Å². The minimum Gasteiger partial charge on any atom is -0.389 e. The van der Waals surface area contributed by atoms with Crippen LogP contribution in [0.3, 0.4) is 0 Å². The molecule has 3 heteroatoms. The summed E-state index contributed by atoms with van der Waals surface area (Å²) < 4.78 is 0. The molecule has 0 radical (unpaired) electrons. The maximum absolute atomic E-state index is 9.48. The van der Waals surface area contributed by atoms with Crippen molar-refractivity contribution in [1.29, 1.82) is 0 Å². The molecule has 1 fully saturated rings. The number of hydrogen-bond acceptors (Lipinski definition) is 2. The van der Waals surface area contributed by atoms with Crippen LogP contribution in [-0.4, -0.2) is 17.7 Å². The lowest BCUT2D eigenvalue weighted by molar-refractivity contribution is 0.199. The molecule has 1 N–H and O–H groups in total. The number of aliphatic hydroxyl groups excluding tert-OH is 1. The van der Waals surface area contributed by atoms with Gasteiger partial charge in [0, 0.05) is 12.6 Å². The van der Waals surface area contributed by atoms with Gasteiger partial charge in [0.25, 0.3) is 0 Å². The van der Waals surface area contributed by atoms with Crippen LogP contribution in [0.1, 0.15) is 38.4 Å². The summed E-state index contributed by atoms with van der Waals surface area (Å²) >= 11 is 6.27. The average molecular weight is 240 g/mol. The van der Waals surface area contributed by atoms with Gasteiger partial charge in [-0.2, -0.15) is 0 Å². The summed E-state index contributed by atoms with van der Waals surface area (Å²) in [4.78, 5) is 2.34. The number of aliphatic hydroxyl groups is 1. The van der Waals surface area contributed by atoms with Gasteiger partial charge >= 0.3 is 0 Å². The molecule has 0 saturated heterocycles. The first-order chi connectivity index (χ1) is 7.63. The van der Waals surface area contributed by atoms with Gasteiger partial charge in [0.2, 0.25) is 0 Å². The molecule has 1 aromatic carbocycles. The Morgan fingerprint density at radius 2 is 2.19 bits per heavy atom. The van der Waals surface area contributed by atoms with Crippen molar-refractivity contribution < 1.29 is 5.11 Å². The maximum atomic E-state index is 9.48. The molecule has 0 unspecified atom stereocenters. The Morgan fingerprint density at radius 3 is 2.62 bits per heavy atom. The van der Waals surface area contributed by atoms with E-state index in [-0.39, 0.29) is 0 Å². The van der Waals surface area contributed by atoms with Crippen molar-refractivity contribution in [2.75, 3.05) is 11.4 Å². The summed E-state index contributed by atoms with van der Waals surface area (Å²) in [5, 5.41) is 10.2. The van der Waals surface area contributed by atoms with E-state index in [1.54, 1.807) is 6.92 Å². The van der Waals surface area contributed by atoms with Gasteiger partial charge in [0.05, 0.1) is 16.8 Å². The fourth-order valence-corrected chi connectivity index (χ4v) is 2.32. The maximum Gasteiger partial charge on any atom is 0.0762 e. The van der Waals surface area contributed by atoms with Crippen LogP contribution in [-0.2, 0) is 0 Å². The second-order valence-corrected chi connectivity index (χ2v) is 4.81. The third-order valence-electron chi connectivity index (χ3n) is 3.09. The summed E-state index contributed by atoms with van der Waals surface area (Å²) in [5.74, 6) is 0. The van der Waals surface area contributed by atoms with Crippen LogP contribution in [0.4, 0.5) is 5.69 Å². The van der Waals surface area contributed by atoms with Gasteiger partial charge in [-0.1, -0.05) is 17.7 Å². The Morgan fingerprint density at radius 1 is 1.50 bits per heavy atom. The van der Waals surface area contributed by atoms with E-state index in [9.17, 15) is 5.11 Å². The lowest BCUT2D eigenvalue weighted by Gasteiger charge is -2.24. The van der Waals surface area contributed by atoms with Gasteiger partial charge in [0.15, 0.2) is 0 Å². The SMILES string of the molecule is CCN(c1ccc([C@H](C)O)cc1Cl)C1CC1. The first-order valence-electron chi connectivity index (χ1n) is 5.87. The first kappa shape index (κ1) is 11.7. The lowest BCUT2D eigenvalue weighted by Crippen LogP contribution is -2.25. The van der Waals surface area contributed by atoms with Gasteiger partial charge in [-0.15, -0.1) is 0 Å². The standard InChI is InChI=1S/C13H18ClNO/c1-3-15(11-5-6-11)13-7-4-10(9(2)16)8-12(13)14/h4,7-9,11,16H,3,5-6H2,1-2H3/t9-/m0/s1. The minimum atomic E-state index is -0.456. The van der Waals surface area contributed by atoms with Crippen LogP contribution in [0.15, 0.2) is 18.2 Å². The molecule has 1 saturated carbocycles. The molecule has 1 aromatic rings. The number of nitrogens with zero attached hydrogens (tertiary/aromatic N) is 1. The van der Waals surface area contributed by atoms with E-state index in [4.69, 9.17) is 11.6 Å². The molecule has 1 aliphatic carbocycles. The Balaban J connectivity index is 2.27. The Bertz CT molecular complexity index is 374. The van der Waals surface area contributed by atoms with Crippen molar-refractivity contribution >= 4 is 17.3 Å². The Hall–Kier alpha value is -0.730. The van der Waals surface area contributed by atoms with E-state index >= 15 is 0 Å². The van der Waals surface area contributed by atoms with Crippen LogP contribution >= 0.6 is 11.6 Å². The fraction of sp³-hybridized carbons (Fsp3) is 0.538. The van der Waals surface area contributed by atoms with Crippen LogP contribution in [0.2, 0.25) is 5.02 Å². The molecule has 2 rings (SSSR count). The normalized spacial score (nSPS) is 17.2. The molecule has 0 heterocycles. The second kappa shape index (κ2) is 4.64. The molecule has 0 bridgehead atoms. The topological polar surface area (TPSA) is 23.5 Å². The number of hydrogen-bond donors (Lipinski definition) is 1. The van der Waals surface area contributed by atoms with E-state index in [0.29, 0.717) is 6.04 Å². The summed E-state index contributed by atoms with van der Waals surface area (Å²) in [6.45, 7) is 4.89. The number of benzene rings is 1. The van der Waals surface area contributed by atoms with Crippen molar-refractivity contribution in [3.8, 4) is 0 Å². The van der Waals surface area contributed by atoms with E-state index in [1.165, 1.54) is 12.8 Å². The van der Waals surface area contributed by atoms with Crippen molar-refractivity contribution in [2.45, 2.75) is 38.8 Å². The Labute approximate surface area is 102 Å². The highest BCUT2D eigenvalue weighted by atomic mass is 35.5. The molecule has 1 aliphatic rings. The summed E-state index contributed by atoms with van der Waals surface area (Å²) in [7, 11) is 0. The second-order valence-electron chi connectivity index (χ2n) is 4.40. The molecule has 16 heavy (non-hydrogen) atoms. The van der Waals surface area contributed by atoms with Crippen molar-refractivity contribution in [3.63, 3.8) is 0 Å². The summed E-state index contributed by atoms with van der Waals surface area (Å²) in [6, 6.07) is 6.51. The molecular weight excluding hydrogens is 222 g/mol. The Kier molecular flexibility index (Phi) is 3.41. The number of halogens is 1. The first-order valence-corrected chi connectivity index (χ1v) is 6.25. The highest BCUT2D eigenvalue weighted by molar-refractivity contribution is 6.33. The van der Waals surface area contributed by atoms with Crippen molar-refractivity contribution in [3.05, 3.63) is 28.8 Å². The number of rotatable bonds is 4. The molecule has 0 aliphatic heterocycles. The van der Waals surface area contributed by atoms with E-state index in [1.807, 2.05) is 18.2 Å². The van der Waals surface area contributed by atoms with Gasteiger partial charge in [-0.05, 0) is 44.4 Å². The monoisotopic (exact) mass is 239 g/mol. The molecule has 0 amide bonds. The molecule has 88 valence electrons. The summed E-state index contributed by atoms with van der Waals surface area (Å²) in [6.07, 6.45) is 2.08. The summed E-state index contributed by atoms with van der Waals surface area (Å²) in [5.41, 5.74) is 1.97. The van der Waals surface area contributed by atoms with Crippen LogP contribution in [0.5, 0.6) is 0 Å². The van der Waals surface area contributed by atoms with Crippen LogP contribution in [0.25, 0.3) is 0 Å². The molecular formula is C13H18ClNO. The van der Waals surface area contributed by atoms with E-state index in [0.717, 1.165) is 22.8 Å². The molecule has 0 aromatic heterocycles. The average Bonchev–Trinajstić information content (AvgIpc) is 3.05.